The maximum atomic E-state index is 11.4. The molecule has 1 amide bonds. The van der Waals surface area contributed by atoms with Crippen LogP contribution in [0.2, 0.25) is 0 Å². The van der Waals surface area contributed by atoms with Gasteiger partial charge in [-0.2, -0.15) is 0 Å². The summed E-state index contributed by atoms with van der Waals surface area (Å²) in [6, 6.07) is 6.26. The van der Waals surface area contributed by atoms with Gasteiger partial charge in [0.1, 0.15) is 30.1 Å². The van der Waals surface area contributed by atoms with Crippen molar-refractivity contribution in [1.82, 2.24) is 5.32 Å². The van der Waals surface area contributed by atoms with Gasteiger partial charge in [0, 0.05) is 6.92 Å². The Morgan fingerprint density at radius 1 is 1.38 bits per heavy atom. The number of hydrogen-bond acceptors (Lipinski definition) is 6. The van der Waals surface area contributed by atoms with E-state index in [-0.39, 0.29) is 0 Å². The zero-order chi connectivity index (χ0) is 17.7. The number of ether oxygens (including phenoxy) is 2. The lowest BCUT2D eigenvalue weighted by atomic mass is 9.97. The summed E-state index contributed by atoms with van der Waals surface area (Å²) in [7, 11) is 0. The summed E-state index contributed by atoms with van der Waals surface area (Å²) in [5.74, 6) is 0.114. The third-order valence-electron chi connectivity index (χ3n) is 3.83. The van der Waals surface area contributed by atoms with E-state index >= 15 is 0 Å². The van der Waals surface area contributed by atoms with Gasteiger partial charge in [0.2, 0.25) is 12.2 Å². The SMILES string of the molecule is C=CCc1ccccc1O[C@H]1O[C@@H](CO)[C@@H](O)[C@@H](O)[C@@H]1NC(C)=O. The molecule has 7 heteroatoms. The average Bonchev–Trinajstić information content (AvgIpc) is 2.56. The zero-order valence-electron chi connectivity index (χ0n) is 13.5. The van der Waals surface area contributed by atoms with E-state index in [2.05, 4.69) is 11.9 Å². The molecule has 2 rings (SSSR count). The molecule has 1 saturated heterocycles. The average molecular weight is 337 g/mol. The highest BCUT2D eigenvalue weighted by molar-refractivity contribution is 5.73. The first-order valence-electron chi connectivity index (χ1n) is 7.73. The number of rotatable bonds is 6. The van der Waals surface area contributed by atoms with Crippen molar-refractivity contribution in [1.29, 1.82) is 0 Å². The fourth-order valence-corrected chi connectivity index (χ4v) is 2.64. The highest BCUT2D eigenvalue weighted by Crippen LogP contribution is 2.27. The predicted octanol–water partition coefficient (Wildman–Crippen LogP) is -0.262. The van der Waals surface area contributed by atoms with Gasteiger partial charge in [-0.1, -0.05) is 24.3 Å². The maximum Gasteiger partial charge on any atom is 0.223 e. The second kappa shape index (κ2) is 8.25. The third kappa shape index (κ3) is 4.12. The monoisotopic (exact) mass is 337 g/mol. The number of benzene rings is 1. The van der Waals surface area contributed by atoms with Crippen molar-refractivity contribution in [2.45, 2.75) is 44.0 Å². The van der Waals surface area contributed by atoms with Crippen LogP contribution in [0.4, 0.5) is 0 Å². The van der Waals surface area contributed by atoms with Crippen LogP contribution in [0.3, 0.4) is 0 Å². The predicted molar refractivity (Wildman–Crippen MR) is 86.3 cm³/mol. The topological polar surface area (TPSA) is 108 Å². The molecule has 0 spiro atoms. The van der Waals surface area contributed by atoms with Crippen molar-refractivity contribution in [3.63, 3.8) is 0 Å². The molecule has 132 valence electrons. The van der Waals surface area contributed by atoms with Gasteiger partial charge >= 0.3 is 0 Å². The minimum Gasteiger partial charge on any atom is -0.462 e. The lowest BCUT2D eigenvalue weighted by Gasteiger charge is -2.42. The van der Waals surface area contributed by atoms with E-state index in [0.29, 0.717) is 12.2 Å². The van der Waals surface area contributed by atoms with E-state index in [1.165, 1.54) is 6.92 Å². The largest absolute Gasteiger partial charge is 0.462 e. The molecule has 1 heterocycles. The summed E-state index contributed by atoms with van der Waals surface area (Å²) >= 11 is 0. The highest BCUT2D eigenvalue weighted by Gasteiger charge is 2.46. The van der Waals surface area contributed by atoms with Gasteiger partial charge in [0.25, 0.3) is 0 Å². The van der Waals surface area contributed by atoms with Crippen LogP contribution in [-0.2, 0) is 16.0 Å². The van der Waals surface area contributed by atoms with Gasteiger partial charge in [0.05, 0.1) is 6.61 Å². The lowest BCUT2D eigenvalue weighted by molar-refractivity contribution is -0.244. The minimum absolute atomic E-state index is 0.398. The van der Waals surface area contributed by atoms with Crippen LogP contribution >= 0.6 is 0 Å². The van der Waals surface area contributed by atoms with Crippen molar-refractivity contribution >= 4 is 5.91 Å². The number of amides is 1. The summed E-state index contributed by atoms with van der Waals surface area (Å²) in [4.78, 5) is 11.4. The number of para-hydroxylation sites is 1. The van der Waals surface area contributed by atoms with Gasteiger partial charge in [-0.25, -0.2) is 0 Å². The summed E-state index contributed by atoms with van der Waals surface area (Å²) in [6.45, 7) is 4.50. The van der Waals surface area contributed by atoms with E-state index in [0.717, 1.165) is 5.56 Å². The summed E-state index contributed by atoms with van der Waals surface area (Å²) < 4.78 is 11.4. The quantitative estimate of drug-likeness (QED) is 0.533. The van der Waals surface area contributed by atoms with Crippen molar-refractivity contribution in [3.05, 3.63) is 42.5 Å². The van der Waals surface area contributed by atoms with Gasteiger partial charge in [0.15, 0.2) is 0 Å². The van der Waals surface area contributed by atoms with Crippen LogP contribution in [0.1, 0.15) is 12.5 Å². The highest BCUT2D eigenvalue weighted by atomic mass is 16.7. The molecule has 0 saturated carbocycles. The van der Waals surface area contributed by atoms with E-state index < -0.39 is 43.2 Å². The Hall–Kier alpha value is -1.93. The number of aliphatic hydroxyl groups is 3. The molecule has 0 aliphatic carbocycles. The zero-order valence-corrected chi connectivity index (χ0v) is 13.5. The summed E-state index contributed by atoms with van der Waals surface area (Å²) in [6.07, 6.45) is -2.45. The molecule has 24 heavy (non-hydrogen) atoms. The maximum absolute atomic E-state index is 11.4. The number of aliphatic hydroxyl groups excluding tert-OH is 3. The van der Waals surface area contributed by atoms with Gasteiger partial charge < -0.3 is 30.1 Å². The van der Waals surface area contributed by atoms with E-state index in [1.54, 1.807) is 18.2 Å². The van der Waals surface area contributed by atoms with Crippen LogP contribution < -0.4 is 10.1 Å². The van der Waals surface area contributed by atoms with Crippen LogP contribution in [0.25, 0.3) is 0 Å². The molecule has 1 fully saturated rings. The lowest BCUT2D eigenvalue weighted by Crippen LogP contribution is -2.65. The van der Waals surface area contributed by atoms with Crippen LogP contribution in [0, 0.1) is 0 Å². The third-order valence-corrected chi connectivity index (χ3v) is 3.83. The Morgan fingerprint density at radius 3 is 2.71 bits per heavy atom. The molecule has 4 N–H and O–H groups in total. The van der Waals surface area contributed by atoms with Gasteiger partial charge in [-0.05, 0) is 18.1 Å². The molecule has 0 aromatic heterocycles. The van der Waals surface area contributed by atoms with Crippen LogP contribution in [0.15, 0.2) is 36.9 Å². The fourth-order valence-electron chi connectivity index (χ4n) is 2.64. The standard InChI is InChI=1S/C17H23NO6/c1-3-6-11-7-4-5-8-12(11)23-17-14(18-10(2)20)16(22)15(21)13(9-19)24-17/h3-5,7-8,13-17,19,21-22H,1,6,9H2,2H3,(H,18,20)/t13-,14-,15+,16-,17-/m0/s1. The van der Waals surface area contributed by atoms with Crippen LogP contribution in [0.5, 0.6) is 5.75 Å². The molecule has 1 aromatic rings. The number of carbonyl (C=O) groups is 1. The second-order valence-corrected chi connectivity index (χ2v) is 5.65. The first-order valence-corrected chi connectivity index (χ1v) is 7.73. The van der Waals surface area contributed by atoms with Crippen molar-refractivity contribution < 1.29 is 29.6 Å². The van der Waals surface area contributed by atoms with Crippen molar-refractivity contribution in [2.24, 2.45) is 0 Å². The Balaban J connectivity index is 2.26. The molecule has 0 unspecified atom stereocenters. The molecule has 1 aliphatic rings. The van der Waals surface area contributed by atoms with Crippen molar-refractivity contribution in [3.8, 4) is 5.75 Å². The molecule has 1 aliphatic heterocycles. The Bertz CT molecular complexity index is 578. The minimum atomic E-state index is -1.34. The number of allylic oxidation sites excluding steroid dienone is 1. The Labute approximate surface area is 140 Å². The fraction of sp³-hybridized carbons (Fsp3) is 0.471. The van der Waals surface area contributed by atoms with E-state index in [9.17, 15) is 20.1 Å². The summed E-state index contributed by atoms with van der Waals surface area (Å²) in [5, 5.41) is 32.1. The smallest absolute Gasteiger partial charge is 0.223 e. The number of carbonyl (C=O) groups excluding carboxylic acids is 1. The Kier molecular flexibility index (Phi) is 6.33. The molecule has 1 aromatic carbocycles. The molecule has 7 nitrogen and oxygen atoms in total. The van der Waals surface area contributed by atoms with E-state index in [4.69, 9.17) is 9.47 Å². The first kappa shape index (κ1) is 18.4. The van der Waals surface area contributed by atoms with Crippen molar-refractivity contribution in [2.75, 3.05) is 6.61 Å². The Morgan fingerprint density at radius 2 is 2.08 bits per heavy atom. The van der Waals surface area contributed by atoms with Crippen LogP contribution in [-0.4, -0.2) is 58.5 Å². The van der Waals surface area contributed by atoms with E-state index in [1.807, 2.05) is 12.1 Å². The molecular weight excluding hydrogens is 314 g/mol. The molecule has 5 atom stereocenters. The second-order valence-electron chi connectivity index (χ2n) is 5.65. The number of hydrogen-bond donors (Lipinski definition) is 4. The van der Waals surface area contributed by atoms with Gasteiger partial charge in [-0.3, -0.25) is 4.79 Å². The molecule has 0 bridgehead atoms. The molecular formula is C17H23NO6. The normalized spacial score (nSPS) is 29.8. The molecule has 0 radical (unpaired) electrons. The summed E-state index contributed by atoms with van der Waals surface area (Å²) in [5.41, 5.74) is 0.860. The van der Waals surface area contributed by atoms with Gasteiger partial charge in [-0.15, -0.1) is 6.58 Å². The first-order chi connectivity index (χ1) is 11.5. The number of nitrogens with one attached hydrogen (secondary N) is 1.